The van der Waals surface area contributed by atoms with Crippen LogP contribution in [-0.4, -0.2) is 44.0 Å². The van der Waals surface area contributed by atoms with Crippen LogP contribution in [0.15, 0.2) is 0 Å². The van der Waals surface area contributed by atoms with Crippen LogP contribution in [-0.2, 0) is 9.53 Å². The van der Waals surface area contributed by atoms with Gasteiger partial charge in [-0.3, -0.25) is 9.69 Å². The van der Waals surface area contributed by atoms with Gasteiger partial charge in [0.25, 0.3) is 0 Å². The molecule has 1 aliphatic rings. The van der Waals surface area contributed by atoms with Gasteiger partial charge in [0, 0.05) is 19.1 Å². The molecule has 0 amide bonds. The minimum Gasteiger partial charge on any atom is -0.380 e. The van der Waals surface area contributed by atoms with Gasteiger partial charge >= 0.3 is 0 Å². The number of likely N-dealkylation sites (N-methyl/N-ethyl adjacent to an activating group) is 1. The molecule has 0 radical (unpaired) electrons. The molecule has 0 aliphatic heterocycles. The van der Waals surface area contributed by atoms with Crippen LogP contribution < -0.4 is 0 Å². The molecule has 1 rings (SSSR count). The summed E-state index contributed by atoms with van der Waals surface area (Å²) in [5.41, 5.74) is 0. The first-order chi connectivity index (χ1) is 7.74. The van der Waals surface area contributed by atoms with Gasteiger partial charge in [0.15, 0.2) is 0 Å². The molecule has 16 heavy (non-hydrogen) atoms. The third kappa shape index (κ3) is 5.08. The zero-order valence-electron chi connectivity index (χ0n) is 10.7. The third-order valence-electron chi connectivity index (χ3n) is 3.31. The molecule has 0 aromatic heterocycles. The molecule has 1 fully saturated rings. The van der Waals surface area contributed by atoms with E-state index < -0.39 is 0 Å². The topological polar surface area (TPSA) is 29.5 Å². The summed E-state index contributed by atoms with van der Waals surface area (Å²) in [6.07, 6.45) is 6.00. The van der Waals surface area contributed by atoms with Crippen LogP contribution in [0.2, 0.25) is 0 Å². The van der Waals surface area contributed by atoms with Crippen LogP contribution in [0.5, 0.6) is 0 Å². The van der Waals surface area contributed by atoms with E-state index in [1.165, 1.54) is 19.3 Å². The monoisotopic (exact) mass is 227 g/mol. The first-order valence-corrected chi connectivity index (χ1v) is 6.53. The molecular formula is C13H25NO2. The number of ether oxygens (including phenoxy) is 1. The molecule has 0 heterocycles. The molecule has 0 bridgehead atoms. The summed E-state index contributed by atoms with van der Waals surface area (Å²) in [5, 5.41) is 0. The zero-order chi connectivity index (χ0) is 11.8. The average molecular weight is 227 g/mol. The number of ketones is 1. The largest absolute Gasteiger partial charge is 0.380 e. The first-order valence-electron chi connectivity index (χ1n) is 6.53. The number of carbonyl (C=O) groups is 1. The highest BCUT2D eigenvalue weighted by Crippen LogP contribution is 2.24. The number of Topliss-reactive ketones (excluding diaryl/α,β-unsaturated/α-hetero) is 1. The Morgan fingerprint density at radius 3 is 2.62 bits per heavy atom. The van der Waals surface area contributed by atoms with Crippen LogP contribution in [0, 0.1) is 5.92 Å². The quantitative estimate of drug-likeness (QED) is 0.624. The lowest BCUT2D eigenvalue weighted by Gasteiger charge is -2.23. The standard InChI is InChI=1S/C13H25NO2/c1-3-16-10-9-14(2)11-13(15)12-7-5-4-6-8-12/h12H,3-11H2,1-2H3. The van der Waals surface area contributed by atoms with E-state index in [2.05, 4.69) is 4.90 Å². The van der Waals surface area contributed by atoms with Crippen molar-refractivity contribution in [3.63, 3.8) is 0 Å². The molecule has 94 valence electrons. The van der Waals surface area contributed by atoms with Crippen LogP contribution in [0.25, 0.3) is 0 Å². The number of carbonyl (C=O) groups excluding carboxylic acids is 1. The van der Waals surface area contributed by atoms with E-state index >= 15 is 0 Å². The Labute approximate surface area is 99.1 Å². The second-order valence-corrected chi connectivity index (χ2v) is 4.74. The Balaban J connectivity index is 2.16. The summed E-state index contributed by atoms with van der Waals surface area (Å²) in [4.78, 5) is 14.0. The van der Waals surface area contributed by atoms with Crippen molar-refractivity contribution < 1.29 is 9.53 Å². The van der Waals surface area contributed by atoms with E-state index in [1.54, 1.807) is 0 Å². The van der Waals surface area contributed by atoms with Gasteiger partial charge in [0.1, 0.15) is 5.78 Å². The lowest BCUT2D eigenvalue weighted by Crippen LogP contribution is -2.33. The summed E-state index contributed by atoms with van der Waals surface area (Å²) < 4.78 is 5.28. The highest BCUT2D eigenvalue weighted by molar-refractivity contribution is 5.82. The SMILES string of the molecule is CCOCCN(C)CC(=O)C1CCCCC1. The van der Waals surface area contributed by atoms with Crippen molar-refractivity contribution in [2.75, 3.05) is 33.4 Å². The Morgan fingerprint density at radius 2 is 2.00 bits per heavy atom. The summed E-state index contributed by atoms with van der Waals surface area (Å²) in [7, 11) is 2.00. The van der Waals surface area contributed by atoms with Gasteiger partial charge in [-0.25, -0.2) is 0 Å². The molecule has 3 nitrogen and oxygen atoms in total. The molecule has 0 saturated heterocycles. The first kappa shape index (κ1) is 13.7. The number of hydrogen-bond donors (Lipinski definition) is 0. The molecular weight excluding hydrogens is 202 g/mol. The fraction of sp³-hybridized carbons (Fsp3) is 0.923. The molecule has 0 spiro atoms. The van der Waals surface area contributed by atoms with E-state index in [4.69, 9.17) is 4.74 Å². The number of rotatable bonds is 7. The molecule has 0 aromatic carbocycles. The predicted octanol–water partition coefficient (Wildman–Crippen LogP) is 2.10. The zero-order valence-corrected chi connectivity index (χ0v) is 10.7. The van der Waals surface area contributed by atoms with Gasteiger partial charge in [-0.05, 0) is 26.8 Å². The van der Waals surface area contributed by atoms with Gasteiger partial charge in [-0.2, -0.15) is 0 Å². The summed E-state index contributed by atoms with van der Waals surface area (Å²) >= 11 is 0. The Hall–Kier alpha value is -0.410. The summed E-state index contributed by atoms with van der Waals surface area (Å²) in [6, 6.07) is 0. The van der Waals surface area contributed by atoms with E-state index in [9.17, 15) is 4.79 Å². The molecule has 0 aromatic rings. The van der Waals surface area contributed by atoms with Crippen molar-refractivity contribution in [1.29, 1.82) is 0 Å². The van der Waals surface area contributed by atoms with E-state index in [0.717, 1.165) is 32.6 Å². The van der Waals surface area contributed by atoms with Gasteiger partial charge in [0.05, 0.1) is 13.2 Å². The maximum Gasteiger partial charge on any atom is 0.149 e. The van der Waals surface area contributed by atoms with Crippen LogP contribution >= 0.6 is 0 Å². The third-order valence-corrected chi connectivity index (χ3v) is 3.31. The Morgan fingerprint density at radius 1 is 1.31 bits per heavy atom. The van der Waals surface area contributed by atoms with Crippen molar-refractivity contribution in [1.82, 2.24) is 4.90 Å². The van der Waals surface area contributed by atoms with Crippen molar-refractivity contribution in [3.05, 3.63) is 0 Å². The highest BCUT2D eigenvalue weighted by Gasteiger charge is 2.21. The second kappa shape index (κ2) is 7.80. The minimum absolute atomic E-state index is 0.336. The molecule has 1 aliphatic carbocycles. The fourth-order valence-corrected chi connectivity index (χ4v) is 2.26. The minimum atomic E-state index is 0.336. The van der Waals surface area contributed by atoms with Crippen molar-refractivity contribution in [2.45, 2.75) is 39.0 Å². The smallest absolute Gasteiger partial charge is 0.149 e. The van der Waals surface area contributed by atoms with Crippen molar-refractivity contribution in [2.24, 2.45) is 5.92 Å². The molecule has 0 N–H and O–H groups in total. The molecule has 0 atom stereocenters. The van der Waals surface area contributed by atoms with Crippen molar-refractivity contribution in [3.8, 4) is 0 Å². The Bertz CT molecular complexity index is 200. The predicted molar refractivity (Wildman–Crippen MR) is 65.6 cm³/mol. The van der Waals surface area contributed by atoms with E-state index in [0.29, 0.717) is 18.2 Å². The normalized spacial score (nSPS) is 17.9. The maximum atomic E-state index is 12.0. The second-order valence-electron chi connectivity index (χ2n) is 4.74. The van der Waals surface area contributed by atoms with Gasteiger partial charge in [-0.1, -0.05) is 19.3 Å². The highest BCUT2D eigenvalue weighted by atomic mass is 16.5. The lowest BCUT2D eigenvalue weighted by molar-refractivity contribution is -0.124. The average Bonchev–Trinajstić information content (AvgIpc) is 2.30. The maximum absolute atomic E-state index is 12.0. The lowest BCUT2D eigenvalue weighted by atomic mass is 9.86. The number of nitrogens with zero attached hydrogens (tertiary/aromatic N) is 1. The van der Waals surface area contributed by atoms with Crippen LogP contribution in [0.3, 0.4) is 0 Å². The molecule has 3 heteroatoms. The van der Waals surface area contributed by atoms with Gasteiger partial charge < -0.3 is 4.74 Å². The van der Waals surface area contributed by atoms with Crippen molar-refractivity contribution >= 4 is 5.78 Å². The molecule has 1 saturated carbocycles. The summed E-state index contributed by atoms with van der Waals surface area (Å²) in [5.74, 6) is 0.766. The van der Waals surface area contributed by atoms with Gasteiger partial charge in [0.2, 0.25) is 0 Å². The van der Waals surface area contributed by atoms with E-state index in [-0.39, 0.29) is 0 Å². The fourth-order valence-electron chi connectivity index (χ4n) is 2.26. The van der Waals surface area contributed by atoms with E-state index in [1.807, 2.05) is 14.0 Å². The van der Waals surface area contributed by atoms with Crippen LogP contribution in [0.1, 0.15) is 39.0 Å². The Kier molecular flexibility index (Phi) is 6.65. The van der Waals surface area contributed by atoms with Gasteiger partial charge in [-0.15, -0.1) is 0 Å². The van der Waals surface area contributed by atoms with Crippen LogP contribution in [0.4, 0.5) is 0 Å². The molecule has 0 unspecified atom stereocenters. The number of hydrogen-bond acceptors (Lipinski definition) is 3. The summed E-state index contributed by atoms with van der Waals surface area (Å²) in [6.45, 7) is 4.92.